The van der Waals surface area contributed by atoms with E-state index in [2.05, 4.69) is 9.71 Å². The largest absolute Gasteiger partial charge is 0.330 e. The minimum Gasteiger partial charge on any atom is -0.330 e. The average Bonchev–Trinajstić information content (AvgIpc) is 2.24. The standard InChI is InChI=1S/C10H17N3O2S/c1-9-4-2-5-10(13-9)8-12-16(14,15)7-3-6-11/h2,4-5,12H,3,6-8,11H2,1H3. The number of rotatable bonds is 6. The molecule has 0 aromatic carbocycles. The van der Waals surface area contributed by atoms with Crippen LogP contribution in [0.25, 0.3) is 0 Å². The van der Waals surface area contributed by atoms with Gasteiger partial charge in [-0.25, -0.2) is 13.1 Å². The summed E-state index contributed by atoms with van der Waals surface area (Å²) in [6, 6.07) is 5.51. The van der Waals surface area contributed by atoms with Crippen LogP contribution >= 0.6 is 0 Å². The molecule has 3 N–H and O–H groups in total. The van der Waals surface area contributed by atoms with Gasteiger partial charge in [-0.2, -0.15) is 0 Å². The fourth-order valence-electron chi connectivity index (χ4n) is 1.23. The summed E-state index contributed by atoms with van der Waals surface area (Å²) < 4.78 is 25.4. The first kappa shape index (κ1) is 13.1. The van der Waals surface area contributed by atoms with E-state index in [1.165, 1.54) is 0 Å². The second kappa shape index (κ2) is 5.93. The number of aromatic nitrogens is 1. The van der Waals surface area contributed by atoms with E-state index in [4.69, 9.17) is 5.73 Å². The van der Waals surface area contributed by atoms with Crippen molar-refractivity contribution in [1.82, 2.24) is 9.71 Å². The van der Waals surface area contributed by atoms with Crippen molar-refractivity contribution < 1.29 is 8.42 Å². The average molecular weight is 243 g/mol. The van der Waals surface area contributed by atoms with Crippen molar-refractivity contribution in [3.63, 3.8) is 0 Å². The van der Waals surface area contributed by atoms with Gasteiger partial charge in [0.25, 0.3) is 0 Å². The molecular weight excluding hydrogens is 226 g/mol. The molecule has 0 bridgehead atoms. The van der Waals surface area contributed by atoms with Crippen LogP contribution in [0.15, 0.2) is 18.2 Å². The van der Waals surface area contributed by atoms with E-state index in [1.54, 1.807) is 6.07 Å². The van der Waals surface area contributed by atoms with E-state index < -0.39 is 10.0 Å². The molecule has 0 atom stereocenters. The first-order valence-electron chi connectivity index (χ1n) is 5.13. The Morgan fingerprint density at radius 3 is 2.81 bits per heavy atom. The lowest BCUT2D eigenvalue weighted by molar-refractivity contribution is 0.578. The topological polar surface area (TPSA) is 85.1 Å². The van der Waals surface area contributed by atoms with Gasteiger partial charge in [-0.05, 0) is 32.0 Å². The van der Waals surface area contributed by atoms with Crippen molar-refractivity contribution in [2.75, 3.05) is 12.3 Å². The molecule has 1 rings (SSSR count). The summed E-state index contributed by atoms with van der Waals surface area (Å²) in [4.78, 5) is 4.20. The SMILES string of the molecule is Cc1cccc(CNS(=O)(=O)CCCN)n1. The highest BCUT2D eigenvalue weighted by atomic mass is 32.2. The van der Waals surface area contributed by atoms with Gasteiger partial charge in [0.15, 0.2) is 0 Å². The second-order valence-corrected chi connectivity index (χ2v) is 5.48. The van der Waals surface area contributed by atoms with Crippen LogP contribution in [0.2, 0.25) is 0 Å². The number of pyridine rings is 1. The number of nitrogens with zero attached hydrogens (tertiary/aromatic N) is 1. The van der Waals surface area contributed by atoms with E-state index in [1.807, 2.05) is 19.1 Å². The fourth-order valence-corrected chi connectivity index (χ4v) is 2.29. The van der Waals surface area contributed by atoms with Gasteiger partial charge in [0.2, 0.25) is 10.0 Å². The number of aryl methyl sites for hydroxylation is 1. The predicted octanol–water partition coefficient (Wildman–Crippen LogP) is 0.158. The van der Waals surface area contributed by atoms with E-state index in [-0.39, 0.29) is 12.3 Å². The second-order valence-electron chi connectivity index (χ2n) is 3.55. The molecule has 0 aliphatic heterocycles. The molecule has 0 radical (unpaired) electrons. The van der Waals surface area contributed by atoms with Crippen LogP contribution in [-0.2, 0) is 16.6 Å². The lowest BCUT2D eigenvalue weighted by atomic mass is 10.3. The zero-order valence-electron chi connectivity index (χ0n) is 9.31. The van der Waals surface area contributed by atoms with E-state index in [9.17, 15) is 8.42 Å². The molecule has 1 aromatic heterocycles. The summed E-state index contributed by atoms with van der Waals surface area (Å²) in [5, 5.41) is 0. The summed E-state index contributed by atoms with van der Waals surface area (Å²) in [7, 11) is -3.22. The molecule has 0 aliphatic carbocycles. The van der Waals surface area contributed by atoms with Gasteiger partial charge >= 0.3 is 0 Å². The number of nitrogens with one attached hydrogen (secondary N) is 1. The highest BCUT2D eigenvalue weighted by Crippen LogP contribution is 1.99. The first-order valence-corrected chi connectivity index (χ1v) is 6.78. The van der Waals surface area contributed by atoms with Gasteiger partial charge in [0.1, 0.15) is 0 Å². The molecule has 1 aromatic rings. The molecule has 1 heterocycles. The Kier molecular flexibility index (Phi) is 4.85. The summed E-state index contributed by atoms with van der Waals surface area (Å²) in [5.41, 5.74) is 6.85. The molecule has 0 amide bonds. The van der Waals surface area contributed by atoms with Gasteiger partial charge in [-0.3, -0.25) is 4.98 Å². The molecule has 0 spiro atoms. The Hall–Kier alpha value is -0.980. The van der Waals surface area contributed by atoms with E-state index in [0.29, 0.717) is 13.0 Å². The van der Waals surface area contributed by atoms with Crippen LogP contribution < -0.4 is 10.5 Å². The maximum absolute atomic E-state index is 11.5. The Balaban J connectivity index is 2.51. The van der Waals surface area contributed by atoms with Gasteiger partial charge < -0.3 is 5.73 Å². The highest BCUT2D eigenvalue weighted by molar-refractivity contribution is 7.89. The number of hydrogen-bond acceptors (Lipinski definition) is 4. The number of nitrogens with two attached hydrogens (primary N) is 1. The van der Waals surface area contributed by atoms with Crippen molar-refractivity contribution in [3.8, 4) is 0 Å². The lowest BCUT2D eigenvalue weighted by Crippen LogP contribution is -2.27. The maximum atomic E-state index is 11.5. The van der Waals surface area contributed by atoms with Crippen LogP contribution in [0, 0.1) is 6.92 Å². The molecule has 0 saturated heterocycles. The van der Waals surface area contributed by atoms with E-state index >= 15 is 0 Å². The molecule has 0 aliphatic rings. The summed E-state index contributed by atoms with van der Waals surface area (Å²) >= 11 is 0. The van der Waals surface area contributed by atoms with Gasteiger partial charge in [-0.15, -0.1) is 0 Å². The van der Waals surface area contributed by atoms with Crippen molar-refractivity contribution in [1.29, 1.82) is 0 Å². The van der Waals surface area contributed by atoms with Crippen LogP contribution in [-0.4, -0.2) is 25.7 Å². The normalized spacial score (nSPS) is 11.6. The quantitative estimate of drug-likeness (QED) is 0.745. The third-order valence-corrected chi connectivity index (χ3v) is 3.45. The van der Waals surface area contributed by atoms with Gasteiger partial charge in [-0.1, -0.05) is 6.07 Å². The molecule has 0 fully saturated rings. The summed E-state index contributed by atoms with van der Waals surface area (Å²) in [6.07, 6.45) is 0.469. The number of sulfonamides is 1. The van der Waals surface area contributed by atoms with Crippen LogP contribution in [0.3, 0.4) is 0 Å². The highest BCUT2D eigenvalue weighted by Gasteiger charge is 2.09. The van der Waals surface area contributed by atoms with Crippen molar-refractivity contribution in [3.05, 3.63) is 29.6 Å². The molecule has 5 nitrogen and oxygen atoms in total. The molecular formula is C10H17N3O2S. The van der Waals surface area contributed by atoms with Gasteiger partial charge in [0, 0.05) is 5.69 Å². The Bertz CT molecular complexity index is 431. The van der Waals surface area contributed by atoms with Crippen molar-refractivity contribution in [2.24, 2.45) is 5.73 Å². The Morgan fingerprint density at radius 2 is 2.19 bits per heavy atom. The minimum absolute atomic E-state index is 0.0648. The third-order valence-electron chi connectivity index (χ3n) is 2.04. The minimum atomic E-state index is -3.22. The zero-order chi connectivity index (χ0) is 12.0. The zero-order valence-corrected chi connectivity index (χ0v) is 10.1. The van der Waals surface area contributed by atoms with Gasteiger partial charge in [0.05, 0.1) is 18.0 Å². The van der Waals surface area contributed by atoms with Crippen LogP contribution in [0.5, 0.6) is 0 Å². The number of hydrogen-bond donors (Lipinski definition) is 2. The van der Waals surface area contributed by atoms with Crippen LogP contribution in [0.4, 0.5) is 0 Å². The summed E-state index contributed by atoms with van der Waals surface area (Å²) in [6.45, 7) is 2.48. The maximum Gasteiger partial charge on any atom is 0.211 e. The van der Waals surface area contributed by atoms with E-state index in [0.717, 1.165) is 11.4 Å². The lowest BCUT2D eigenvalue weighted by Gasteiger charge is -2.05. The first-order chi connectivity index (χ1) is 7.53. The Labute approximate surface area is 96.1 Å². The molecule has 16 heavy (non-hydrogen) atoms. The Morgan fingerprint density at radius 1 is 1.44 bits per heavy atom. The molecule has 90 valence electrons. The molecule has 0 saturated carbocycles. The fraction of sp³-hybridized carbons (Fsp3) is 0.500. The summed E-state index contributed by atoms with van der Waals surface area (Å²) in [5.74, 6) is 0.0648. The molecule has 0 unspecified atom stereocenters. The van der Waals surface area contributed by atoms with Crippen LogP contribution in [0.1, 0.15) is 17.8 Å². The smallest absolute Gasteiger partial charge is 0.211 e. The van der Waals surface area contributed by atoms with Crippen molar-refractivity contribution >= 4 is 10.0 Å². The third kappa shape index (κ3) is 4.69. The molecule has 6 heteroatoms. The predicted molar refractivity (Wildman–Crippen MR) is 63.3 cm³/mol. The van der Waals surface area contributed by atoms with Crippen molar-refractivity contribution in [2.45, 2.75) is 19.9 Å². The monoisotopic (exact) mass is 243 g/mol.